The summed E-state index contributed by atoms with van der Waals surface area (Å²) < 4.78 is 12.1. The number of ether oxygens (including phenoxy) is 2. The number of thioether (sulfide) groups is 1. The van der Waals surface area contributed by atoms with Crippen LogP contribution in [0.15, 0.2) is 29.4 Å². The van der Waals surface area contributed by atoms with Gasteiger partial charge < -0.3 is 19.4 Å². The number of fused-ring (bicyclic) bond motifs is 1. The van der Waals surface area contributed by atoms with Crippen LogP contribution in [0, 0.1) is 0 Å². The number of nitrogens with zero attached hydrogens (tertiary/aromatic N) is 3. The number of methoxy groups -OCH3 is 2. The molecule has 2 heterocycles. The molecule has 1 N–H and O–H groups in total. The van der Waals surface area contributed by atoms with Crippen molar-refractivity contribution in [3.63, 3.8) is 0 Å². The van der Waals surface area contributed by atoms with E-state index in [0.29, 0.717) is 21.5 Å². The number of hydrogen-bond donors (Lipinski definition) is 1. The van der Waals surface area contributed by atoms with Gasteiger partial charge in [-0.05, 0) is 55.5 Å². The van der Waals surface area contributed by atoms with Crippen molar-refractivity contribution >= 4 is 40.0 Å². The number of benzene rings is 1. The van der Waals surface area contributed by atoms with Gasteiger partial charge in [-0.15, -0.1) is 21.5 Å². The molecule has 174 valence electrons. The lowest BCUT2D eigenvalue weighted by Crippen LogP contribution is -2.16. The number of nitrogens with one attached hydrogen (secondary N) is 1. The molecule has 1 aliphatic rings. The summed E-state index contributed by atoms with van der Waals surface area (Å²) in [6.07, 6.45) is 5.06. The Morgan fingerprint density at radius 1 is 1.12 bits per heavy atom. The fourth-order valence-electron chi connectivity index (χ4n) is 3.87. The zero-order chi connectivity index (χ0) is 23.4. The minimum atomic E-state index is -0.394. The molecule has 0 bridgehead atoms. The maximum Gasteiger partial charge on any atom is 0.341 e. The molecular formula is C23H26N4O4S2. The molecule has 10 heteroatoms. The quantitative estimate of drug-likeness (QED) is 0.302. The summed E-state index contributed by atoms with van der Waals surface area (Å²) in [4.78, 5) is 26.4. The van der Waals surface area contributed by atoms with E-state index in [1.165, 1.54) is 35.1 Å². The second-order valence-corrected chi connectivity index (χ2v) is 9.74. The molecule has 0 atom stereocenters. The van der Waals surface area contributed by atoms with Crippen molar-refractivity contribution in [3.8, 4) is 17.1 Å². The maximum atomic E-state index is 12.7. The Kier molecular flexibility index (Phi) is 7.34. The first-order valence-electron chi connectivity index (χ1n) is 10.7. The lowest BCUT2D eigenvalue weighted by atomic mass is 10.1. The Hall–Kier alpha value is -2.85. The van der Waals surface area contributed by atoms with Crippen molar-refractivity contribution in [2.75, 3.05) is 25.3 Å². The van der Waals surface area contributed by atoms with E-state index in [-0.39, 0.29) is 11.7 Å². The van der Waals surface area contributed by atoms with Gasteiger partial charge in [0, 0.05) is 17.5 Å². The molecular weight excluding hydrogens is 460 g/mol. The van der Waals surface area contributed by atoms with Crippen molar-refractivity contribution in [2.45, 2.75) is 37.3 Å². The van der Waals surface area contributed by atoms with Crippen LogP contribution in [0.1, 0.15) is 40.1 Å². The van der Waals surface area contributed by atoms with E-state index in [2.05, 4.69) is 15.5 Å². The van der Waals surface area contributed by atoms with Crippen LogP contribution in [0.3, 0.4) is 0 Å². The molecule has 0 aliphatic heterocycles. The molecule has 3 aromatic rings. The van der Waals surface area contributed by atoms with Gasteiger partial charge in [0.2, 0.25) is 5.91 Å². The number of carbonyl (C=O) groups excluding carboxylic acids is 2. The average Bonchev–Trinajstić information content (AvgIpc) is 3.27. The number of thiophene rings is 1. The third-order valence-electron chi connectivity index (χ3n) is 5.58. The van der Waals surface area contributed by atoms with E-state index in [1.807, 2.05) is 35.9 Å². The molecule has 2 aromatic heterocycles. The van der Waals surface area contributed by atoms with Crippen LogP contribution < -0.4 is 10.1 Å². The molecule has 8 nitrogen and oxygen atoms in total. The maximum absolute atomic E-state index is 12.7. The molecule has 0 radical (unpaired) electrons. The average molecular weight is 487 g/mol. The molecule has 0 saturated carbocycles. The van der Waals surface area contributed by atoms with Crippen LogP contribution in [0.2, 0.25) is 0 Å². The summed E-state index contributed by atoms with van der Waals surface area (Å²) >= 11 is 2.79. The molecule has 1 aliphatic carbocycles. The van der Waals surface area contributed by atoms with Crippen LogP contribution >= 0.6 is 23.1 Å². The lowest BCUT2D eigenvalue weighted by molar-refractivity contribution is -0.113. The summed E-state index contributed by atoms with van der Waals surface area (Å²) in [6.45, 7) is 0. The number of anilines is 1. The van der Waals surface area contributed by atoms with E-state index in [9.17, 15) is 9.59 Å². The van der Waals surface area contributed by atoms with Gasteiger partial charge in [0.25, 0.3) is 0 Å². The Bertz CT molecular complexity index is 1150. The van der Waals surface area contributed by atoms with E-state index >= 15 is 0 Å². The number of carbonyl (C=O) groups is 2. The summed E-state index contributed by atoms with van der Waals surface area (Å²) in [5.41, 5.74) is 2.45. The van der Waals surface area contributed by atoms with E-state index in [1.54, 1.807) is 7.11 Å². The predicted molar refractivity (Wildman–Crippen MR) is 129 cm³/mol. The third kappa shape index (κ3) is 5.06. The number of aryl methyl sites for hydroxylation is 1. The molecule has 33 heavy (non-hydrogen) atoms. The fourth-order valence-corrected chi connectivity index (χ4v) is 5.88. The number of rotatable bonds is 7. The summed E-state index contributed by atoms with van der Waals surface area (Å²) in [5, 5.41) is 12.6. The molecule has 1 amide bonds. The molecule has 0 saturated heterocycles. The predicted octanol–water partition coefficient (Wildman–Crippen LogP) is 4.34. The van der Waals surface area contributed by atoms with Gasteiger partial charge >= 0.3 is 5.97 Å². The first-order chi connectivity index (χ1) is 16.0. The first-order valence-corrected chi connectivity index (χ1v) is 12.5. The SMILES string of the molecule is COC(=O)c1c(NC(=O)CSc2nnc(-c3ccc(OC)cc3)n2C)sc2c1CCCCC2. The Balaban J connectivity index is 1.45. The third-order valence-corrected chi connectivity index (χ3v) is 7.81. The van der Waals surface area contributed by atoms with Gasteiger partial charge in [0.1, 0.15) is 10.8 Å². The van der Waals surface area contributed by atoms with Crippen LogP contribution in [0.25, 0.3) is 11.4 Å². The minimum absolute atomic E-state index is 0.151. The van der Waals surface area contributed by atoms with Crippen molar-refractivity contribution in [1.82, 2.24) is 14.8 Å². The first kappa shape index (κ1) is 23.3. The Morgan fingerprint density at radius 3 is 2.61 bits per heavy atom. The van der Waals surface area contributed by atoms with Crippen molar-refractivity contribution < 1.29 is 19.1 Å². The topological polar surface area (TPSA) is 95.3 Å². The van der Waals surface area contributed by atoms with E-state index < -0.39 is 5.97 Å². The summed E-state index contributed by atoms with van der Waals surface area (Å²) in [6, 6.07) is 7.57. The highest BCUT2D eigenvalue weighted by molar-refractivity contribution is 7.99. The number of hydrogen-bond acceptors (Lipinski definition) is 8. The summed E-state index contributed by atoms with van der Waals surface area (Å²) in [5.74, 6) is 1.03. The zero-order valence-corrected chi connectivity index (χ0v) is 20.5. The van der Waals surface area contributed by atoms with Crippen molar-refractivity contribution in [1.29, 1.82) is 0 Å². The van der Waals surface area contributed by atoms with Crippen molar-refractivity contribution in [3.05, 3.63) is 40.3 Å². The number of amides is 1. The zero-order valence-electron chi connectivity index (χ0n) is 18.8. The standard InChI is InChI=1S/C23H26N4O4S2/c1-27-20(14-9-11-15(30-2)12-10-14)25-26-23(27)32-13-18(28)24-21-19(22(29)31-3)16-7-5-4-6-8-17(16)33-21/h9-12H,4-8,13H2,1-3H3,(H,24,28). The molecule has 0 spiro atoms. The number of esters is 1. The van der Waals surface area contributed by atoms with Gasteiger partial charge in [0.15, 0.2) is 11.0 Å². The monoisotopic (exact) mass is 486 g/mol. The Labute approximate surface area is 200 Å². The highest BCUT2D eigenvalue weighted by atomic mass is 32.2. The molecule has 4 rings (SSSR count). The Morgan fingerprint density at radius 2 is 1.88 bits per heavy atom. The van der Waals surface area contributed by atoms with Gasteiger partial charge in [-0.3, -0.25) is 4.79 Å². The number of aromatic nitrogens is 3. The largest absolute Gasteiger partial charge is 0.497 e. The van der Waals surface area contributed by atoms with Gasteiger partial charge in [0.05, 0.1) is 25.5 Å². The molecule has 1 aromatic carbocycles. The van der Waals surface area contributed by atoms with E-state index in [4.69, 9.17) is 9.47 Å². The van der Waals surface area contributed by atoms with Crippen LogP contribution in [-0.4, -0.2) is 46.6 Å². The second kappa shape index (κ2) is 10.4. The van der Waals surface area contributed by atoms with Crippen LogP contribution in [0.4, 0.5) is 5.00 Å². The lowest BCUT2D eigenvalue weighted by Gasteiger charge is -2.08. The summed E-state index contributed by atoms with van der Waals surface area (Å²) in [7, 11) is 4.86. The van der Waals surface area contributed by atoms with E-state index in [0.717, 1.165) is 49.0 Å². The van der Waals surface area contributed by atoms with Gasteiger partial charge in [-0.1, -0.05) is 18.2 Å². The van der Waals surface area contributed by atoms with Crippen LogP contribution in [0.5, 0.6) is 5.75 Å². The normalized spacial score (nSPS) is 13.2. The molecule has 0 unspecified atom stereocenters. The van der Waals surface area contributed by atoms with Crippen LogP contribution in [-0.2, 0) is 29.4 Å². The van der Waals surface area contributed by atoms with Gasteiger partial charge in [-0.25, -0.2) is 4.79 Å². The minimum Gasteiger partial charge on any atom is -0.497 e. The highest BCUT2D eigenvalue weighted by Gasteiger charge is 2.26. The highest BCUT2D eigenvalue weighted by Crippen LogP contribution is 2.38. The second-order valence-electron chi connectivity index (χ2n) is 7.69. The smallest absolute Gasteiger partial charge is 0.341 e. The molecule has 0 fully saturated rings. The fraction of sp³-hybridized carbons (Fsp3) is 0.391. The van der Waals surface area contributed by atoms with Crippen molar-refractivity contribution in [2.24, 2.45) is 7.05 Å². The van der Waals surface area contributed by atoms with Gasteiger partial charge in [-0.2, -0.15) is 0 Å².